The molecule has 1 radical (unpaired) electrons. The molecule has 0 saturated carbocycles. The van der Waals surface area contributed by atoms with E-state index in [4.69, 9.17) is 4.74 Å². The molecular weight excluding hydrogens is 342 g/mol. The van der Waals surface area contributed by atoms with E-state index in [1.165, 1.54) is 0 Å². The van der Waals surface area contributed by atoms with Gasteiger partial charge in [0.25, 0.3) is 0 Å². The number of aliphatic imine (C=N–C) groups is 1. The standard InChI is InChI=1S/C26H20NO/c1-4-10-21(11-5-1)20-28-26-18-23(22-12-6-2-7-13-22)16-17-24(26)19-27-25-14-8-3-9-15-25/h1,3-19H,20H2. The maximum atomic E-state index is 6.17. The number of benzene rings is 4. The Hall–Kier alpha value is -3.65. The zero-order valence-electron chi connectivity index (χ0n) is 15.5. The molecule has 4 aromatic carbocycles. The third-order valence-electron chi connectivity index (χ3n) is 4.41. The lowest BCUT2D eigenvalue weighted by molar-refractivity contribution is 0.306. The molecule has 4 aromatic rings. The van der Waals surface area contributed by atoms with E-state index in [1.54, 1.807) is 0 Å². The number of ether oxygens (including phenoxy) is 1. The van der Waals surface area contributed by atoms with Crippen LogP contribution in [0.1, 0.15) is 11.1 Å². The number of para-hydroxylation sites is 1. The van der Waals surface area contributed by atoms with E-state index in [9.17, 15) is 0 Å². The minimum Gasteiger partial charge on any atom is -0.488 e. The predicted octanol–water partition coefficient (Wildman–Crippen LogP) is 6.48. The Morgan fingerprint density at radius 2 is 1.46 bits per heavy atom. The number of hydrogen-bond donors (Lipinski definition) is 0. The van der Waals surface area contributed by atoms with Crippen LogP contribution in [0.15, 0.2) is 108 Å². The first kappa shape index (κ1) is 17.7. The van der Waals surface area contributed by atoms with Gasteiger partial charge in [-0.15, -0.1) is 0 Å². The monoisotopic (exact) mass is 362 g/mol. The Morgan fingerprint density at radius 1 is 0.750 bits per heavy atom. The molecule has 0 amide bonds. The molecule has 2 heteroatoms. The van der Waals surface area contributed by atoms with Crippen molar-refractivity contribution >= 4 is 11.9 Å². The molecule has 0 heterocycles. The minimum absolute atomic E-state index is 0.513. The van der Waals surface area contributed by atoms with E-state index in [-0.39, 0.29) is 0 Å². The van der Waals surface area contributed by atoms with Gasteiger partial charge < -0.3 is 4.74 Å². The average Bonchev–Trinajstić information content (AvgIpc) is 2.78. The Balaban J connectivity index is 1.64. The summed E-state index contributed by atoms with van der Waals surface area (Å²) in [5, 5.41) is 0. The van der Waals surface area contributed by atoms with Crippen LogP contribution >= 0.6 is 0 Å². The summed E-state index contributed by atoms with van der Waals surface area (Å²) >= 11 is 0. The highest BCUT2D eigenvalue weighted by molar-refractivity contribution is 5.87. The van der Waals surface area contributed by atoms with E-state index in [0.717, 1.165) is 33.7 Å². The Bertz CT molecular complexity index is 1040. The fourth-order valence-electron chi connectivity index (χ4n) is 2.92. The third-order valence-corrected chi connectivity index (χ3v) is 4.41. The van der Waals surface area contributed by atoms with Gasteiger partial charge in [0.2, 0.25) is 0 Å². The van der Waals surface area contributed by atoms with Crippen molar-refractivity contribution < 1.29 is 4.74 Å². The normalized spacial score (nSPS) is 10.9. The van der Waals surface area contributed by atoms with Gasteiger partial charge in [0.1, 0.15) is 12.4 Å². The zero-order valence-corrected chi connectivity index (χ0v) is 15.5. The molecule has 0 aliphatic rings. The van der Waals surface area contributed by atoms with Crippen LogP contribution in [0.3, 0.4) is 0 Å². The second-order valence-corrected chi connectivity index (χ2v) is 6.41. The largest absolute Gasteiger partial charge is 0.488 e. The van der Waals surface area contributed by atoms with Crippen molar-refractivity contribution in [2.24, 2.45) is 4.99 Å². The molecule has 135 valence electrons. The van der Waals surface area contributed by atoms with Gasteiger partial charge in [0.15, 0.2) is 0 Å². The summed E-state index contributed by atoms with van der Waals surface area (Å²) in [6.07, 6.45) is 1.86. The Labute approximate surface area is 165 Å². The Morgan fingerprint density at radius 3 is 2.21 bits per heavy atom. The van der Waals surface area contributed by atoms with Crippen molar-refractivity contribution in [3.63, 3.8) is 0 Å². The summed E-state index contributed by atoms with van der Waals surface area (Å²) in [6, 6.07) is 37.3. The lowest BCUT2D eigenvalue weighted by atomic mass is 10.0. The highest BCUT2D eigenvalue weighted by atomic mass is 16.5. The molecule has 0 N–H and O–H groups in total. The lowest BCUT2D eigenvalue weighted by Crippen LogP contribution is -1.99. The molecule has 2 nitrogen and oxygen atoms in total. The van der Waals surface area contributed by atoms with Gasteiger partial charge in [0.05, 0.1) is 5.69 Å². The maximum Gasteiger partial charge on any atom is 0.129 e. The molecule has 0 saturated heterocycles. The van der Waals surface area contributed by atoms with Crippen LogP contribution in [-0.4, -0.2) is 6.21 Å². The van der Waals surface area contributed by atoms with E-state index < -0.39 is 0 Å². The van der Waals surface area contributed by atoms with Gasteiger partial charge in [0, 0.05) is 11.8 Å². The first-order valence-corrected chi connectivity index (χ1v) is 9.25. The third kappa shape index (κ3) is 4.54. The number of hydrogen-bond acceptors (Lipinski definition) is 2. The summed E-state index contributed by atoms with van der Waals surface area (Å²) in [7, 11) is 0. The zero-order chi connectivity index (χ0) is 19.0. The molecule has 0 aromatic heterocycles. The van der Waals surface area contributed by atoms with Gasteiger partial charge in [-0.3, -0.25) is 4.99 Å². The first-order valence-electron chi connectivity index (χ1n) is 9.25. The summed E-state index contributed by atoms with van der Waals surface area (Å²) in [4.78, 5) is 4.58. The van der Waals surface area contributed by atoms with E-state index in [1.807, 2.05) is 79.0 Å². The van der Waals surface area contributed by atoms with Crippen LogP contribution in [0.2, 0.25) is 0 Å². The Kier molecular flexibility index (Phi) is 5.60. The lowest BCUT2D eigenvalue weighted by Gasteiger charge is -2.12. The molecule has 0 aliphatic carbocycles. The highest BCUT2D eigenvalue weighted by Gasteiger charge is 2.06. The van der Waals surface area contributed by atoms with Gasteiger partial charge in [-0.25, -0.2) is 0 Å². The smallest absolute Gasteiger partial charge is 0.129 e. The minimum atomic E-state index is 0.513. The molecule has 0 bridgehead atoms. The average molecular weight is 362 g/mol. The second-order valence-electron chi connectivity index (χ2n) is 6.41. The van der Waals surface area contributed by atoms with Crippen LogP contribution in [0.5, 0.6) is 5.75 Å². The van der Waals surface area contributed by atoms with Gasteiger partial charge in [-0.05, 0) is 47.0 Å². The van der Waals surface area contributed by atoms with Crippen molar-refractivity contribution in [1.29, 1.82) is 0 Å². The van der Waals surface area contributed by atoms with E-state index in [2.05, 4.69) is 41.4 Å². The van der Waals surface area contributed by atoms with Crippen LogP contribution in [0.25, 0.3) is 11.1 Å². The molecule has 0 aliphatic heterocycles. The van der Waals surface area contributed by atoms with Gasteiger partial charge >= 0.3 is 0 Å². The van der Waals surface area contributed by atoms with Crippen molar-refractivity contribution in [3.8, 4) is 16.9 Å². The SMILES string of the molecule is [c]1ccc(-c2ccc(C=Nc3ccccc3)c(OCc3ccccc3)c2)cc1. The van der Waals surface area contributed by atoms with Crippen LogP contribution < -0.4 is 4.74 Å². The molecular formula is C26H20NO. The van der Waals surface area contributed by atoms with Gasteiger partial charge in [-0.2, -0.15) is 0 Å². The van der Waals surface area contributed by atoms with Crippen LogP contribution in [0, 0.1) is 6.07 Å². The number of rotatable bonds is 6. The fourth-order valence-corrected chi connectivity index (χ4v) is 2.92. The van der Waals surface area contributed by atoms with Crippen molar-refractivity contribution in [2.45, 2.75) is 6.61 Å². The maximum absolute atomic E-state index is 6.17. The fraction of sp³-hybridized carbons (Fsp3) is 0.0385. The summed E-state index contributed by atoms with van der Waals surface area (Å²) in [6.45, 7) is 0.513. The number of nitrogens with zero attached hydrogens (tertiary/aromatic N) is 1. The molecule has 0 unspecified atom stereocenters. The molecule has 28 heavy (non-hydrogen) atoms. The summed E-state index contributed by atoms with van der Waals surface area (Å²) in [5.41, 5.74) is 5.24. The van der Waals surface area contributed by atoms with Crippen molar-refractivity contribution in [1.82, 2.24) is 0 Å². The topological polar surface area (TPSA) is 21.6 Å². The second kappa shape index (κ2) is 8.83. The van der Waals surface area contributed by atoms with Gasteiger partial charge in [-0.1, -0.05) is 78.9 Å². The first-order chi connectivity index (χ1) is 13.9. The molecule has 0 spiro atoms. The molecule has 0 fully saturated rings. The quantitative estimate of drug-likeness (QED) is 0.360. The van der Waals surface area contributed by atoms with E-state index >= 15 is 0 Å². The van der Waals surface area contributed by atoms with Crippen LogP contribution in [-0.2, 0) is 6.61 Å². The molecule has 4 rings (SSSR count). The highest BCUT2D eigenvalue weighted by Crippen LogP contribution is 2.27. The predicted molar refractivity (Wildman–Crippen MR) is 115 cm³/mol. The summed E-state index contributed by atoms with van der Waals surface area (Å²) < 4.78 is 6.17. The molecule has 0 atom stereocenters. The summed E-state index contributed by atoms with van der Waals surface area (Å²) in [5.74, 6) is 0.814. The van der Waals surface area contributed by atoms with Crippen molar-refractivity contribution in [2.75, 3.05) is 0 Å². The van der Waals surface area contributed by atoms with Crippen LogP contribution in [0.4, 0.5) is 5.69 Å². The van der Waals surface area contributed by atoms with E-state index in [0.29, 0.717) is 6.61 Å². The van der Waals surface area contributed by atoms with Crippen molar-refractivity contribution in [3.05, 3.63) is 120 Å².